The van der Waals surface area contributed by atoms with E-state index in [1.807, 2.05) is 112 Å². The summed E-state index contributed by atoms with van der Waals surface area (Å²) in [6, 6.07) is 40.4. The predicted octanol–water partition coefficient (Wildman–Crippen LogP) is 15.6. The fourth-order valence-corrected chi connectivity index (χ4v) is 16.8. The lowest BCUT2D eigenvalue weighted by molar-refractivity contribution is 0.0392. The van der Waals surface area contributed by atoms with Crippen molar-refractivity contribution >= 4 is 64.2 Å². The molecule has 2 N–H and O–H groups in total. The summed E-state index contributed by atoms with van der Waals surface area (Å²) >= 11 is 4.54. The van der Waals surface area contributed by atoms with Crippen molar-refractivity contribution in [3.63, 3.8) is 0 Å². The highest BCUT2D eigenvalue weighted by molar-refractivity contribution is 7.16. The SMILES string of the molecule is Cc1nc(C(=O)N2C3CC[C@H]2CC[C@@H]3COc2ccc(F)cn2)c(-c2ccccc2)s1.Cc1nc(C(=O)N2C3CC[C@H]2CC[C@@H]3COc2ccc(F)cn2)c(-c2ccccc2)s1.Cc1nc(C(=O)O)c(-c2ccccc2)s1.Cl.Fc1ccc(OC[C@H]2CC[C@@H]3CCC2N3)nc1. The first-order valence-electron chi connectivity index (χ1n) is 32.2. The second-order valence-corrected chi connectivity index (χ2v) is 28.2. The molecule has 0 saturated carbocycles. The number of benzene rings is 3. The molecule has 12 heterocycles. The minimum atomic E-state index is -0.974. The van der Waals surface area contributed by atoms with Gasteiger partial charge in [-0.25, -0.2) is 47.9 Å². The maximum Gasteiger partial charge on any atom is 0.356 e. The van der Waals surface area contributed by atoms with Gasteiger partial charge in [0.25, 0.3) is 11.8 Å². The molecule has 3 unspecified atom stereocenters. The van der Waals surface area contributed by atoms with Crippen molar-refractivity contribution in [3.05, 3.63) is 196 Å². The number of ether oxygens (including phenoxy) is 3. The standard InChI is InChI=1S/2C24H24FN3O2S.C13H17FN2O.C11H9NO2S.ClH/c2*1-15-27-22(23(31-15)16-5-3-2-4-6-16)24(29)28-19-9-7-17(20(28)11-10-19)14-30-21-12-8-18(25)13-26-21;14-10-2-6-13(15-7-10)17-8-9-1-3-11-4-5-12(9)16-11;1-7-12-9(11(13)14)10(15-7)8-5-3-2-4-6-8;/h2*2-6,8,12-13,17,19-20H,7,9-11,14H2,1H3;2,6-7,9,11-12,16H,1,3-5,8H2;2-6H,1H3,(H,13,14);1H/t2*17-,19-,20?;9-,11-,12?;;/m111../s1. The fraction of sp³-hybridized carbons (Fsp3) is 0.375. The van der Waals surface area contributed by atoms with E-state index in [4.69, 9.17) is 19.3 Å². The van der Waals surface area contributed by atoms with Crippen LogP contribution in [0.4, 0.5) is 13.2 Å². The lowest BCUT2D eigenvalue weighted by Crippen LogP contribution is -2.49. The van der Waals surface area contributed by atoms with Crippen LogP contribution in [0, 0.1) is 56.0 Å². The average Bonchev–Trinajstić information content (AvgIpc) is 1.70. The van der Waals surface area contributed by atoms with E-state index in [-0.39, 0.29) is 83.4 Å². The van der Waals surface area contributed by atoms with E-state index in [0.717, 1.165) is 116 Å². The fourth-order valence-electron chi connectivity index (χ4n) is 14.0. The molecule has 6 aliphatic heterocycles. The highest BCUT2D eigenvalue weighted by atomic mass is 35.5. The molecule has 0 aliphatic carbocycles. The monoisotopic (exact) mass is 1370 g/mol. The number of hydrogen-bond acceptors (Lipinski definition) is 16. The van der Waals surface area contributed by atoms with Crippen LogP contribution in [0.5, 0.6) is 17.6 Å². The van der Waals surface area contributed by atoms with Crippen LogP contribution < -0.4 is 19.5 Å². The molecule has 6 aliphatic rings. The van der Waals surface area contributed by atoms with E-state index in [0.29, 0.717) is 60.8 Å². The Labute approximate surface area is 568 Å². The van der Waals surface area contributed by atoms with Crippen molar-refractivity contribution in [1.29, 1.82) is 0 Å². The number of aromatic nitrogens is 6. The number of amides is 2. The van der Waals surface area contributed by atoms with Gasteiger partial charge in [-0.1, -0.05) is 91.0 Å². The van der Waals surface area contributed by atoms with Crippen molar-refractivity contribution in [3.8, 4) is 49.0 Å². The van der Waals surface area contributed by atoms with Gasteiger partial charge in [-0.2, -0.15) is 0 Å². The Hall–Kier alpha value is -8.15. The number of nitrogens with one attached hydrogen (secondary N) is 1. The molecule has 16 nitrogen and oxygen atoms in total. The van der Waals surface area contributed by atoms with Gasteiger partial charge in [-0.3, -0.25) is 9.59 Å². The molecule has 0 radical (unpaired) electrons. The Balaban J connectivity index is 0.000000135. The normalized spacial score (nSPS) is 21.9. The molecule has 6 aromatic heterocycles. The number of aromatic carboxylic acids is 1. The number of rotatable bonds is 15. The number of nitrogens with zero attached hydrogens (tertiary/aromatic N) is 8. The van der Waals surface area contributed by atoms with Gasteiger partial charge >= 0.3 is 5.97 Å². The van der Waals surface area contributed by atoms with Crippen LogP contribution in [0.2, 0.25) is 0 Å². The molecular weight excluding hydrogens is 1290 g/mol. The summed E-state index contributed by atoms with van der Waals surface area (Å²) in [6.45, 7) is 7.34. The zero-order chi connectivity index (χ0) is 65.2. The molecular formula is C72H75ClF3N9O7S3. The third kappa shape index (κ3) is 16.6. The highest BCUT2D eigenvalue weighted by Gasteiger charge is 2.48. The summed E-state index contributed by atoms with van der Waals surface area (Å²) in [6.07, 6.45) is 16.5. The molecule has 15 rings (SSSR count). The Morgan fingerprint density at radius 1 is 0.463 bits per heavy atom. The predicted molar refractivity (Wildman–Crippen MR) is 364 cm³/mol. The number of halogens is 4. The second-order valence-electron chi connectivity index (χ2n) is 24.6. The first-order valence-corrected chi connectivity index (χ1v) is 34.6. The molecule has 9 aromatic rings. The molecule has 2 amide bonds. The van der Waals surface area contributed by atoms with Crippen LogP contribution in [0.25, 0.3) is 31.3 Å². The molecule has 0 spiro atoms. The first-order chi connectivity index (χ1) is 45.7. The summed E-state index contributed by atoms with van der Waals surface area (Å²) in [7, 11) is 0. The van der Waals surface area contributed by atoms with Gasteiger partial charge in [0.2, 0.25) is 17.6 Å². The number of carbonyl (C=O) groups excluding carboxylic acids is 2. The van der Waals surface area contributed by atoms with Crippen molar-refractivity contribution in [2.24, 2.45) is 17.8 Å². The van der Waals surface area contributed by atoms with Gasteiger partial charge in [-0.15, -0.1) is 46.4 Å². The van der Waals surface area contributed by atoms with E-state index in [2.05, 4.69) is 45.0 Å². The molecule has 6 fully saturated rings. The number of hydrogen-bond donors (Lipinski definition) is 2. The second kappa shape index (κ2) is 31.6. The highest BCUT2D eigenvalue weighted by Crippen LogP contribution is 2.44. The summed E-state index contributed by atoms with van der Waals surface area (Å²) in [5, 5.41) is 15.2. The van der Waals surface area contributed by atoms with Crippen LogP contribution >= 0.6 is 46.4 Å². The smallest absolute Gasteiger partial charge is 0.356 e. The number of fused-ring (bicyclic) bond motifs is 6. The number of carbonyl (C=O) groups is 3. The van der Waals surface area contributed by atoms with Crippen LogP contribution in [-0.4, -0.2) is 119 Å². The van der Waals surface area contributed by atoms with Gasteiger partial charge < -0.3 is 34.4 Å². The van der Waals surface area contributed by atoms with Gasteiger partial charge in [0.05, 0.1) is 68.1 Å². The Morgan fingerprint density at radius 3 is 1.19 bits per heavy atom. The van der Waals surface area contributed by atoms with Crippen molar-refractivity contribution in [2.75, 3.05) is 19.8 Å². The summed E-state index contributed by atoms with van der Waals surface area (Å²) in [4.78, 5) is 70.2. The number of thiazole rings is 3. The van der Waals surface area contributed by atoms with E-state index < -0.39 is 5.97 Å². The molecule has 6 bridgehead atoms. The summed E-state index contributed by atoms with van der Waals surface area (Å²) < 4.78 is 56.2. The van der Waals surface area contributed by atoms with Crippen LogP contribution in [0.1, 0.15) is 124 Å². The maximum absolute atomic E-state index is 13.7. The molecule has 496 valence electrons. The van der Waals surface area contributed by atoms with Crippen LogP contribution in [-0.2, 0) is 0 Å². The van der Waals surface area contributed by atoms with E-state index >= 15 is 0 Å². The van der Waals surface area contributed by atoms with Crippen molar-refractivity contribution in [2.45, 2.75) is 134 Å². The zero-order valence-electron chi connectivity index (χ0n) is 52.9. The number of pyridine rings is 3. The molecule has 23 heteroatoms. The molecule has 95 heavy (non-hydrogen) atoms. The van der Waals surface area contributed by atoms with E-state index in [1.54, 1.807) is 40.9 Å². The van der Waals surface area contributed by atoms with Gasteiger partial charge in [0, 0.05) is 72.2 Å². The Morgan fingerprint density at radius 2 is 0.811 bits per heavy atom. The van der Waals surface area contributed by atoms with Crippen LogP contribution in [0.15, 0.2) is 146 Å². The average molecular weight is 1370 g/mol. The first kappa shape index (κ1) is 68.2. The largest absolute Gasteiger partial charge is 0.477 e. The van der Waals surface area contributed by atoms with Gasteiger partial charge in [0.15, 0.2) is 5.69 Å². The number of piperidine rings is 3. The minimum absolute atomic E-state index is 0. The third-order valence-electron chi connectivity index (χ3n) is 18.5. The number of carboxylic acid groups (broad SMARTS) is 1. The topological polar surface area (TPSA) is 195 Å². The number of aryl methyl sites for hydroxylation is 3. The maximum atomic E-state index is 13.7. The quantitative estimate of drug-likeness (QED) is 0.0984. The Bertz CT molecular complexity index is 3840. The molecule has 9 atom stereocenters. The van der Waals surface area contributed by atoms with E-state index in [9.17, 15) is 27.6 Å². The Kier molecular flexibility index (Phi) is 22.7. The minimum Gasteiger partial charge on any atom is -0.477 e. The molecule has 6 saturated heterocycles. The lowest BCUT2D eigenvalue weighted by Gasteiger charge is -2.39. The summed E-state index contributed by atoms with van der Waals surface area (Å²) in [5.41, 5.74) is 4.23. The van der Waals surface area contributed by atoms with Crippen molar-refractivity contribution < 1.29 is 46.9 Å². The molecule has 3 aromatic carbocycles. The van der Waals surface area contributed by atoms with E-state index in [1.165, 1.54) is 61.4 Å². The third-order valence-corrected chi connectivity index (χ3v) is 21.5. The van der Waals surface area contributed by atoms with Gasteiger partial charge in [-0.05, 0) is 133 Å². The van der Waals surface area contributed by atoms with Crippen molar-refractivity contribution in [1.82, 2.24) is 45.0 Å². The number of carboxylic acids is 1. The summed E-state index contributed by atoms with van der Waals surface area (Å²) in [5.74, 6) is 0.383. The van der Waals surface area contributed by atoms with Gasteiger partial charge in [0.1, 0.15) is 28.8 Å². The van der Waals surface area contributed by atoms with Crippen LogP contribution in [0.3, 0.4) is 0 Å². The lowest BCUT2D eigenvalue weighted by atomic mass is 9.90. The zero-order valence-corrected chi connectivity index (χ0v) is 56.2.